The van der Waals surface area contributed by atoms with Crippen molar-refractivity contribution < 1.29 is 37.3 Å². The first-order valence-electron chi connectivity index (χ1n) is 15.9. The van der Waals surface area contributed by atoms with Crippen LogP contribution in [0.2, 0.25) is 0 Å². The van der Waals surface area contributed by atoms with Crippen LogP contribution >= 0.6 is 0 Å². The Morgan fingerprint density at radius 3 is 2.10 bits per heavy atom. The Labute approximate surface area is 250 Å². The van der Waals surface area contributed by atoms with Gasteiger partial charge in [-0.1, -0.05) is 108 Å². The number of halogens is 3. The van der Waals surface area contributed by atoms with Crippen LogP contribution in [-0.4, -0.2) is 36.4 Å². The zero-order chi connectivity index (χ0) is 31.2. The molecule has 5 nitrogen and oxygen atoms in total. The molecule has 0 saturated heterocycles. The minimum atomic E-state index is -5.00. The quantitative estimate of drug-likeness (QED) is 0.0978. The molecule has 0 radical (unpaired) electrons. The molecule has 8 heteroatoms. The van der Waals surface area contributed by atoms with Gasteiger partial charge in [0.15, 0.2) is 0 Å². The Balaban J connectivity index is 2.19. The fourth-order valence-corrected chi connectivity index (χ4v) is 6.64. The van der Waals surface area contributed by atoms with Crippen molar-refractivity contribution in [3.05, 3.63) is 47.0 Å². The molecule has 0 aliphatic heterocycles. The molecule has 1 saturated carbocycles. The van der Waals surface area contributed by atoms with E-state index in [2.05, 4.69) is 6.92 Å². The van der Waals surface area contributed by atoms with Crippen LogP contribution in [0.1, 0.15) is 123 Å². The summed E-state index contributed by atoms with van der Waals surface area (Å²) in [7, 11) is 0.899. The zero-order valence-electron chi connectivity index (χ0n) is 25.9. The van der Waals surface area contributed by atoms with Gasteiger partial charge in [-0.05, 0) is 56.8 Å². The van der Waals surface area contributed by atoms with Gasteiger partial charge in [0.05, 0.1) is 0 Å². The number of unbranched alkanes of at least 4 members (excludes halogenated alkanes) is 6. The van der Waals surface area contributed by atoms with Gasteiger partial charge in [-0.25, -0.2) is 9.59 Å². The second-order valence-electron chi connectivity index (χ2n) is 11.6. The lowest BCUT2D eigenvalue weighted by atomic mass is 9.85. The van der Waals surface area contributed by atoms with Crippen LogP contribution in [0.15, 0.2) is 41.5 Å². The number of carboxylic acids is 1. The molecule has 2 rings (SSSR count). The molecule has 0 spiro atoms. The van der Waals surface area contributed by atoms with E-state index in [4.69, 9.17) is 9.47 Å². The first-order valence-corrected chi connectivity index (χ1v) is 15.9. The highest BCUT2D eigenvalue weighted by Crippen LogP contribution is 2.46. The summed E-state index contributed by atoms with van der Waals surface area (Å²) in [5, 5.41) is 9.54. The van der Waals surface area contributed by atoms with Crippen molar-refractivity contribution in [2.24, 2.45) is 11.8 Å². The molecule has 0 amide bonds. The van der Waals surface area contributed by atoms with E-state index in [1.54, 1.807) is 6.07 Å². The number of carboxylic acid groups (broad SMARTS) is 1. The summed E-state index contributed by atoms with van der Waals surface area (Å²) in [5.74, 6) is -2.05. The molecule has 1 aliphatic carbocycles. The summed E-state index contributed by atoms with van der Waals surface area (Å²) >= 11 is 0. The highest BCUT2D eigenvalue weighted by molar-refractivity contribution is 5.87. The fraction of sp³-hybridized carbons (Fsp3) is 0.706. The van der Waals surface area contributed by atoms with Gasteiger partial charge in [-0.2, -0.15) is 13.2 Å². The summed E-state index contributed by atoms with van der Waals surface area (Å²) in [6.45, 7) is 6.00. The minimum absolute atomic E-state index is 0.0395. The zero-order valence-corrected chi connectivity index (χ0v) is 25.9. The highest BCUT2D eigenvalue weighted by Gasteiger charge is 2.64. The van der Waals surface area contributed by atoms with E-state index in [1.807, 2.05) is 13.8 Å². The Morgan fingerprint density at radius 1 is 0.881 bits per heavy atom. The van der Waals surface area contributed by atoms with Crippen molar-refractivity contribution in [2.45, 2.75) is 135 Å². The third kappa shape index (κ3) is 9.32. The number of ether oxygens (including phenoxy) is 2. The van der Waals surface area contributed by atoms with Gasteiger partial charge in [0.1, 0.15) is 6.10 Å². The van der Waals surface area contributed by atoms with Gasteiger partial charge in [0, 0.05) is 18.2 Å². The summed E-state index contributed by atoms with van der Waals surface area (Å²) in [6.07, 6.45) is 7.81. The number of alkyl halides is 3. The van der Waals surface area contributed by atoms with Crippen molar-refractivity contribution in [3.63, 3.8) is 0 Å². The number of carbonyl (C=O) groups is 2. The molecule has 1 unspecified atom stereocenters. The first-order chi connectivity index (χ1) is 20.1. The smallest absolute Gasteiger partial charge is 0.432 e. The lowest BCUT2D eigenvalue weighted by Crippen LogP contribution is -2.52. The number of methoxy groups -OCH3 is 1. The van der Waals surface area contributed by atoms with Gasteiger partial charge >= 0.3 is 18.1 Å². The summed E-state index contributed by atoms with van der Waals surface area (Å²) in [4.78, 5) is 25.0. The number of benzene rings is 1. The van der Waals surface area contributed by atoms with E-state index in [-0.39, 0.29) is 17.4 Å². The predicted octanol–water partition coefficient (Wildman–Crippen LogP) is 9.54. The van der Waals surface area contributed by atoms with Crippen LogP contribution < -0.4 is 0 Å². The molecule has 0 heterocycles. The van der Waals surface area contributed by atoms with Crippen LogP contribution in [0, 0.1) is 11.8 Å². The number of esters is 1. The molecule has 1 aromatic rings. The van der Waals surface area contributed by atoms with Crippen molar-refractivity contribution in [1.29, 1.82) is 0 Å². The number of allylic oxidation sites excluding steroid dienone is 1. The maximum absolute atomic E-state index is 14.5. The molecule has 1 aromatic carbocycles. The van der Waals surface area contributed by atoms with Gasteiger partial charge < -0.3 is 14.6 Å². The van der Waals surface area contributed by atoms with Crippen molar-refractivity contribution in [1.82, 2.24) is 0 Å². The standard InChI is InChI=1S/C34H51F3O5/c1-5-8-9-10-11-13-19-26-23-24-30(29(26)22-17-16-18-25(6-2)28(7-3)31(38)39)42-32(40)33(41-4,34(35,36)37)27-20-14-12-15-21-27/h12,14-15,20-21,26,29-30H,5-11,13,16-19,22-24H2,1-4H3,(H,38,39)/t26-,29+,30-,33?/m0/s1. The Hall–Kier alpha value is -2.35. The second kappa shape index (κ2) is 17.7. The number of hydrogen-bond acceptors (Lipinski definition) is 4. The third-order valence-corrected chi connectivity index (χ3v) is 9.00. The normalized spacial score (nSPS) is 21.1. The molecule has 0 bridgehead atoms. The Kier molecular flexibility index (Phi) is 15.1. The Morgan fingerprint density at radius 2 is 1.52 bits per heavy atom. The van der Waals surface area contributed by atoms with Gasteiger partial charge in [0.25, 0.3) is 5.60 Å². The molecule has 1 N–H and O–H groups in total. The average molecular weight is 597 g/mol. The first kappa shape index (κ1) is 35.8. The third-order valence-electron chi connectivity index (χ3n) is 9.00. The van der Waals surface area contributed by atoms with Crippen LogP contribution in [0.3, 0.4) is 0 Å². The predicted molar refractivity (Wildman–Crippen MR) is 159 cm³/mol. The molecule has 1 aliphatic rings. The maximum Gasteiger partial charge on any atom is 0.432 e. The number of carbonyl (C=O) groups excluding carboxylic acids is 1. The van der Waals surface area contributed by atoms with Crippen molar-refractivity contribution in [2.75, 3.05) is 7.11 Å². The second-order valence-corrected chi connectivity index (χ2v) is 11.6. The lowest BCUT2D eigenvalue weighted by molar-refractivity contribution is -0.278. The van der Waals surface area contributed by atoms with Crippen LogP contribution in [0.25, 0.3) is 0 Å². The van der Waals surface area contributed by atoms with E-state index in [1.165, 1.54) is 49.9 Å². The molecule has 4 atom stereocenters. The van der Waals surface area contributed by atoms with E-state index in [0.29, 0.717) is 31.3 Å². The molecule has 0 aromatic heterocycles. The number of hydrogen-bond donors (Lipinski definition) is 1. The summed E-state index contributed by atoms with van der Waals surface area (Å²) in [5.41, 5.74) is -2.08. The molecule has 238 valence electrons. The van der Waals surface area contributed by atoms with Crippen LogP contribution in [0.5, 0.6) is 0 Å². The van der Waals surface area contributed by atoms with E-state index >= 15 is 0 Å². The van der Waals surface area contributed by atoms with Gasteiger partial charge in [-0.3, -0.25) is 0 Å². The molecular formula is C34H51F3O5. The SMILES string of the molecule is CCCCCCCC[C@H]1CC[C@H](OC(=O)C(OC)(c2ccccc2)C(F)(F)F)[C@@H]1CCCCC(CC)=C(CC)C(=O)O. The molecular weight excluding hydrogens is 545 g/mol. The monoisotopic (exact) mass is 596 g/mol. The van der Waals surface area contributed by atoms with Crippen LogP contribution in [-0.2, 0) is 24.7 Å². The number of rotatable bonds is 19. The van der Waals surface area contributed by atoms with Gasteiger partial charge in [-0.15, -0.1) is 0 Å². The van der Waals surface area contributed by atoms with E-state index < -0.39 is 29.8 Å². The topological polar surface area (TPSA) is 72.8 Å². The summed E-state index contributed by atoms with van der Waals surface area (Å²) < 4.78 is 54.2. The lowest BCUT2D eigenvalue weighted by Gasteiger charge is -2.34. The van der Waals surface area contributed by atoms with Gasteiger partial charge in [0.2, 0.25) is 0 Å². The van der Waals surface area contributed by atoms with Crippen LogP contribution in [0.4, 0.5) is 13.2 Å². The fourth-order valence-electron chi connectivity index (χ4n) is 6.64. The maximum atomic E-state index is 14.5. The Bertz CT molecular complexity index is 991. The van der Waals surface area contributed by atoms with Crippen molar-refractivity contribution >= 4 is 11.9 Å². The number of aliphatic carboxylic acids is 1. The van der Waals surface area contributed by atoms with E-state index in [9.17, 15) is 27.9 Å². The van der Waals surface area contributed by atoms with Crippen molar-refractivity contribution in [3.8, 4) is 0 Å². The average Bonchev–Trinajstić information content (AvgIpc) is 3.33. The molecule has 42 heavy (non-hydrogen) atoms. The van der Waals surface area contributed by atoms with E-state index in [0.717, 1.165) is 57.6 Å². The minimum Gasteiger partial charge on any atom is -0.478 e. The molecule has 1 fully saturated rings. The largest absolute Gasteiger partial charge is 0.478 e. The summed E-state index contributed by atoms with van der Waals surface area (Å²) in [6, 6.07) is 6.97. The highest BCUT2D eigenvalue weighted by atomic mass is 19.4.